The lowest BCUT2D eigenvalue weighted by molar-refractivity contribution is 0.323. The number of phenols is 1. The Morgan fingerprint density at radius 2 is 1.83 bits per heavy atom. The minimum Gasteiger partial charge on any atom is -0.508 e. The summed E-state index contributed by atoms with van der Waals surface area (Å²) in [5.41, 5.74) is 2.61. The van der Waals surface area contributed by atoms with Crippen LogP contribution in [-0.4, -0.2) is 5.11 Å². The molecular weight excluding hydrogens is 224 g/mol. The summed E-state index contributed by atoms with van der Waals surface area (Å²) in [6.07, 6.45) is 3.00. The van der Waals surface area contributed by atoms with Gasteiger partial charge in [0.25, 0.3) is 0 Å². The lowest BCUT2D eigenvalue weighted by Crippen LogP contribution is -2.31. The topological polar surface area (TPSA) is 29.5 Å². The van der Waals surface area contributed by atoms with Crippen molar-refractivity contribution in [2.75, 3.05) is 0 Å². The SMILES string of the molecule is CCC1=C(C)C(CC)(CC)c2ccc(O)cc2O1. The van der Waals surface area contributed by atoms with Gasteiger partial charge in [0.2, 0.25) is 0 Å². The van der Waals surface area contributed by atoms with Gasteiger partial charge in [-0.2, -0.15) is 0 Å². The summed E-state index contributed by atoms with van der Waals surface area (Å²) in [7, 11) is 0. The quantitative estimate of drug-likeness (QED) is 0.849. The molecule has 0 aliphatic carbocycles. The van der Waals surface area contributed by atoms with Gasteiger partial charge in [-0.1, -0.05) is 26.8 Å². The molecule has 1 aliphatic rings. The summed E-state index contributed by atoms with van der Waals surface area (Å²) >= 11 is 0. The zero-order valence-electron chi connectivity index (χ0n) is 11.7. The number of benzene rings is 1. The largest absolute Gasteiger partial charge is 0.508 e. The molecule has 1 aromatic carbocycles. The minimum absolute atomic E-state index is 0.0621. The van der Waals surface area contributed by atoms with Crippen LogP contribution >= 0.6 is 0 Å². The number of hydrogen-bond donors (Lipinski definition) is 1. The number of fused-ring (bicyclic) bond motifs is 1. The maximum Gasteiger partial charge on any atom is 0.134 e. The van der Waals surface area contributed by atoms with Gasteiger partial charge in [0.05, 0.1) is 0 Å². The van der Waals surface area contributed by atoms with Crippen LogP contribution in [0.5, 0.6) is 11.5 Å². The van der Waals surface area contributed by atoms with Crippen molar-refractivity contribution in [2.24, 2.45) is 0 Å². The van der Waals surface area contributed by atoms with Crippen LogP contribution < -0.4 is 4.74 Å². The molecule has 1 aromatic rings. The molecule has 0 amide bonds. The van der Waals surface area contributed by atoms with Gasteiger partial charge in [-0.25, -0.2) is 0 Å². The predicted molar refractivity (Wildman–Crippen MR) is 74.0 cm³/mol. The van der Waals surface area contributed by atoms with Gasteiger partial charge < -0.3 is 9.84 Å². The number of phenolic OH excluding ortho intramolecular Hbond substituents is 1. The van der Waals surface area contributed by atoms with Crippen LogP contribution in [0.2, 0.25) is 0 Å². The molecule has 0 radical (unpaired) electrons. The molecule has 1 N–H and O–H groups in total. The lowest BCUT2D eigenvalue weighted by Gasteiger charge is -2.40. The van der Waals surface area contributed by atoms with E-state index in [0.29, 0.717) is 0 Å². The first-order chi connectivity index (χ1) is 8.58. The van der Waals surface area contributed by atoms with E-state index in [9.17, 15) is 5.11 Å². The zero-order valence-corrected chi connectivity index (χ0v) is 11.7. The fourth-order valence-corrected chi connectivity index (χ4v) is 3.17. The normalized spacial score (nSPS) is 17.3. The van der Waals surface area contributed by atoms with Crippen molar-refractivity contribution >= 4 is 0 Å². The zero-order chi connectivity index (χ0) is 13.3. The molecular formula is C16H22O2. The molecule has 0 spiro atoms. The second-order valence-corrected chi connectivity index (χ2v) is 4.97. The minimum atomic E-state index is 0.0621. The summed E-state index contributed by atoms with van der Waals surface area (Å²) in [4.78, 5) is 0. The standard InChI is InChI=1S/C16H22O2/c1-5-14-11(4)16(6-2,7-3)13-9-8-12(17)10-15(13)18-14/h8-10,17H,5-7H2,1-4H3. The summed E-state index contributed by atoms with van der Waals surface area (Å²) in [5.74, 6) is 2.14. The Morgan fingerprint density at radius 3 is 2.39 bits per heavy atom. The highest BCUT2D eigenvalue weighted by molar-refractivity contribution is 5.52. The van der Waals surface area contributed by atoms with Crippen molar-refractivity contribution in [3.05, 3.63) is 35.1 Å². The Morgan fingerprint density at radius 1 is 1.17 bits per heavy atom. The third kappa shape index (κ3) is 1.71. The molecule has 2 rings (SSSR count). The Balaban J connectivity index is 2.67. The van der Waals surface area contributed by atoms with Crippen LogP contribution in [0, 0.1) is 0 Å². The highest BCUT2D eigenvalue weighted by Crippen LogP contribution is 2.49. The van der Waals surface area contributed by atoms with Gasteiger partial charge in [-0.05, 0) is 31.4 Å². The number of ether oxygens (including phenoxy) is 1. The highest BCUT2D eigenvalue weighted by atomic mass is 16.5. The molecule has 1 aliphatic heterocycles. The van der Waals surface area contributed by atoms with Crippen LogP contribution in [0.1, 0.15) is 52.5 Å². The molecule has 0 atom stereocenters. The Hall–Kier alpha value is -1.44. The second-order valence-electron chi connectivity index (χ2n) is 4.97. The maximum absolute atomic E-state index is 9.63. The summed E-state index contributed by atoms with van der Waals surface area (Å²) in [6, 6.07) is 5.50. The maximum atomic E-state index is 9.63. The number of allylic oxidation sites excluding steroid dienone is 2. The fraction of sp³-hybridized carbons (Fsp3) is 0.500. The Bertz CT molecular complexity index is 482. The van der Waals surface area contributed by atoms with E-state index in [1.54, 1.807) is 12.1 Å². The first-order valence-corrected chi connectivity index (χ1v) is 6.80. The second kappa shape index (κ2) is 4.68. The van der Waals surface area contributed by atoms with Gasteiger partial charge in [-0.3, -0.25) is 0 Å². The van der Waals surface area contributed by atoms with Crippen molar-refractivity contribution in [3.63, 3.8) is 0 Å². The molecule has 0 saturated heterocycles. The van der Waals surface area contributed by atoms with Crippen LogP contribution in [0.25, 0.3) is 0 Å². The molecule has 0 bridgehead atoms. The van der Waals surface area contributed by atoms with E-state index in [4.69, 9.17) is 4.74 Å². The van der Waals surface area contributed by atoms with Crippen LogP contribution in [0.3, 0.4) is 0 Å². The smallest absolute Gasteiger partial charge is 0.134 e. The summed E-state index contributed by atoms with van der Waals surface area (Å²) < 4.78 is 5.95. The molecule has 18 heavy (non-hydrogen) atoms. The molecule has 0 aromatic heterocycles. The predicted octanol–water partition coefficient (Wildman–Crippen LogP) is 4.53. The van der Waals surface area contributed by atoms with E-state index in [0.717, 1.165) is 30.8 Å². The van der Waals surface area contributed by atoms with Crippen LogP contribution in [0.4, 0.5) is 0 Å². The van der Waals surface area contributed by atoms with Crippen molar-refractivity contribution in [1.82, 2.24) is 0 Å². The average molecular weight is 246 g/mol. The van der Waals surface area contributed by atoms with Crippen molar-refractivity contribution in [1.29, 1.82) is 0 Å². The van der Waals surface area contributed by atoms with Crippen molar-refractivity contribution in [2.45, 2.75) is 52.4 Å². The molecule has 1 heterocycles. The molecule has 2 heteroatoms. The third-order valence-electron chi connectivity index (χ3n) is 4.38. The van der Waals surface area contributed by atoms with Crippen molar-refractivity contribution in [3.8, 4) is 11.5 Å². The number of hydrogen-bond acceptors (Lipinski definition) is 2. The third-order valence-corrected chi connectivity index (χ3v) is 4.38. The molecule has 2 nitrogen and oxygen atoms in total. The van der Waals surface area contributed by atoms with E-state index < -0.39 is 0 Å². The van der Waals surface area contributed by atoms with Gasteiger partial charge >= 0.3 is 0 Å². The van der Waals surface area contributed by atoms with Gasteiger partial charge in [0.1, 0.15) is 17.3 Å². The van der Waals surface area contributed by atoms with E-state index in [-0.39, 0.29) is 11.2 Å². The summed E-state index contributed by atoms with van der Waals surface area (Å²) in [5, 5.41) is 9.63. The van der Waals surface area contributed by atoms with Gasteiger partial charge in [0.15, 0.2) is 0 Å². The first-order valence-electron chi connectivity index (χ1n) is 6.80. The van der Waals surface area contributed by atoms with E-state index in [1.807, 2.05) is 6.07 Å². The molecule has 98 valence electrons. The van der Waals surface area contributed by atoms with Crippen LogP contribution in [0.15, 0.2) is 29.5 Å². The highest BCUT2D eigenvalue weighted by Gasteiger charge is 2.38. The average Bonchev–Trinajstić information content (AvgIpc) is 2.39. The van der Waals surface area contributed by atoms with Gasteiger partial charge in [-0.15, -0.1) is 0 Å². The monoisotopic (exact) mass is 246 g/mol. The van der Waals surface area contributed by atoms with Crippen LogP contribution in [-0.2, 0) is 5.41 Å². The van der Waals surface area contributed by atoms with Gasteiger partial charge in [0, 0.05) is 23.5 Å². The van der Waals surface area contributed by atoms with E-state index in [2.05, 4.69) is 27.7 Å². The lowest BCUT2D eigenvalue weighted by atomic mass is 9.68. The molecule has 0 fully saturated rings. The number of aromatic hydroxyl groups is 1. The molecule has 0 saturated carbocycles. The first kappa shape index (κ1) is 13.0. The summed E-state index contributed by atoms with van der Waals surface area (Å²) in [6.45, 7) is 8.74. The van der Waals surface area contributed by atoms with E-state index >= 15 is 0 Å². The fourth-order valence-electron chi connectivity index (χ4n) is 3.17. The van der Waals surface area contributed by atoms with E-state index in [1.165, 1.54) is 11.1 Å². The number of rotatable bonds is 3. The van der Waals surface area contributed by atoms with Crippen molar-refractivity contribution < 1.29 is 9.84 Å². The Labute approximate surface area is 109 Å². The molecule has 0 unspecified atom stereocenters. The Kier molecular flexibility index (Phi) is 3.38.